The van der Waals surface area contributed by atoms with E-state index >= 15 is 0 Å². The summed E-state index contributed by atoms with van der Waals surface area (Å²) in [4.78, 5) is 18.2. The Hall–Kier alpha value is 1.11. The van der Waals surface area contributed by atoms with E-state index in [2.05, 4.69) is 0 Å². The Bertz CT molecular complexity index is 80.0. The Morgan fingerprint density at radius 1 is 1.00 bits per heavy atom. The third-order valence-corrected chi connectivity index (χ3v) is 0.183. The summed E-state index contributed by atoms with van der Waals surface area (Å²) in [5.41, 5.74) is 0. The molecule has 0 rings (SSSR count). The largest absolute Gasteiger partial charge is 2.00 e. The summed E-state index contributed by atoms with van der Waals surface area (Å²) in [6.45, 7) is 0. The van der Waals surface area contributed by atoms with E-state index in [1.165, 1.54) is 0 Å². The second kappa shape index (κ2) is 8.11. The molecule has 0 fully saturated rings. The third-order valence-electron chi connectivity index (χ3n) is 0.183. The zero-order valence-electron chi connectivity index (χ0n) is 4.42. The summed E-state index contributed by atoms with van der Waals surface area (Å²) in [6.07, 6.45) is 0. The summed E-state index contributed by atoms with van der Waals surface area (Å²) in [5, 5.41) is 14.8. The van der Waals surface area contributed by atoms with Gasteiger partial charge >= 0.3 is 79.7 Å². The van der Waals surface area contributed by atoms with Crippen molar-refractivity contribution < 1.29 is 38.7 Å². The maximum atomic E-state index is 9.10. The average Bonchev–Trinajstić information content (AvgIpc) is 1.36. The first kappa shape index (κ1) is 16.0. The van der Waals surface area contributed by atoms with Gasteiger partial charge in [-0.25, -0.2) is 9.59 Å². The Balaban J connectivity index is -0.000000125. The van der Waals surface area contributed by atoms with Crippen LogP contribution in [0.2, 0.25) is 0 Å². The van der Waals surface area contributed by atoms with Gasteiger partial charge in [0.25, 0.3) is 0 Å². The number of carboxylic acids is 2. The summed E-state index contributed by atoms with van der Waals surface area (Å²) < 4.78 is 0. The van der Waals surface area contributed by atoms with Crippen LogP contribution in [-0.2, 0) is 9.59 Å². The molecular weight excluding hydrogens is 232 g/mol. The Kier molecular flexibility index (Phi) is 16.3. The van der Waals surface area contributed by atoms with E-state index in [0.29, 0.717) is 0 Å². The quantitative estimate of drug-likeness (QED) is 0.329. The summed E-state index contributed by atoms with van der Waals surface area (Å²) in [7, 11) is 0. The van der Waals surface area contributed by atoms with E-state index < -0.39 is 11.9 Å². The van der Waals surface area contributed by atoms with Gasteiger partial charge in [-0.2, -0.15) is 0 Å². The average molecular weight is 234 g/mol. The molecule has 0 radical (unpaired) electrons. The molecular formula is C2H2BaLiO4+3. The van der Waals surface area contributed by atoms with E-state index in [-0.39, 0.29) is 67.7 Å². The molecule has 0 aromatic heterocycles. The smallest absolute Gasteiger partial charge is 0.473 e. The van der Waals surface area contributed by atoms with E-state index in [0.717, 1.165) is 0 Å². The first-order valence-electron chi connectivity index (χ1n) is 1.11. The van der Waals surface area contributed by atoms with Crippen molar-refractivity contribution in [2.75, 3.05) is 0 Å². The van der Waals surface area contributed by atoms with Crippen LogP contribution in [0.25, 0.3) is 0 Å². The van der Waals surface area contributed by atoms with E-state index in [4.69, 9.17) is 19.8 Å². The third kappa shape index (κ3) is 10.2. The molecule has 0 aromatic carbocycles. The van der Waals surface area contributed by atoms with Crippen molar-refractivity contribution >= 4 is 60.8 Å². The molecule has 0 unspecified atom stereocenters. The van der Waals surface area contributed by atoms with Crippen LogP contribution in [0.5, 0.6) is 0 Å². The molecule has 0 aliphatic rings. The van der Waals surface area contributed by atoms with E-state index in [1.807, 2.05) is 0 Å². The van der Waals surface area contributed by atoms with Gasteiger partial charge in [-0.1, -0.05) is 0 Å². The minimum atomic E-state index is -1.82. The van der Waals surface area contributed by atoms with Gasteiger partial charge in [-0.05, 0) is 0 Å². The van der Waals surface area contributed by atoms with Crippen molar-refractivity contribution in [3.63, 3.8) is 0 Å². The minimum absolute atomic E-state index is 0. The molecule has 0 spiro atoms. The number of carboxylic acid groups (broad SMARTS) is 2. The van der Waals surface area contributed by atoms with Crippen molar-refractivity contribution in [1.29, 1.82) is 0 Å². The van der Waals surface area contributed by atoms with Gasteiger partial charge in [0.15, 0.2) is 0 Å². The predicted octanol–water partition coefficient (Wildman–Crippen LogP) is -4.22. The molecule has 0 saturated heterocycles. The van der Waals surface area contributed by atoms with Crippen LogP contribution in [0.1, 0.15) is 0 Å². The number of aliphatic carboxylic acids is 2. The van der Waals surface area contributed by atoms with Crippen molar-refractivity contribution in [2.45, 2.75) is 0 Å². The van der Waals surface area contributed by atoms with Crippen LogP contribution in [0, 0.1) is 0 Å². The Morgan fingerprint density at radius 2 is 1.12 bits per heavy atom. The monoisotopic (exact) mass is 235 g/mol. The summed E-state index contributed by atoms with van der Waals surface area (Å²) in [5.74, 6) is -3.65. The summed E-state index contributed by atoms with van der Waals surface area (Å²) in [6, 6.07) is 0. The molecule has 8 heavy (non-hydrogen) atoms. The number of hydrogen-bond donors (Lipinski definition) is 2. The molecule has 0 aromatic rings. The molecule has 0 saturated carbocycles. The molecule has 4 nitrogen and oxygen atoms in total. The van der Waals surface area contributed by atoms with Crippen LogP contribution in [0.3, 0.4) is 0 Å². The number of carbonyl (C=O) groups is 2. The Morgan fingerprint density at radius 3 is 1.12 bits per heavy atom. The van der Waals surface area contributed by atoms with Gasteiger partial charge in [0.2, 0.25) is 0 Å². The van der Waals surface area contributed by atoms with Crippen LogP contribution in [-0.4, -0.2) is 71.0 Å². The topological polar surface area (TPSA) is 74.6 Å². The van der Waals surface area contributed by atoms with Crippen LogP contribution in [0.15, 0.2) is 0 Å². The fourth-order valence-electron chi connectivity index (χ4n) is 0. The zero-order valence-corrected chi connectivity index (χ0v) is 8.86. The van der Waals surface area contributed by atoms with Crippen LogP contribution >= 0.6 is 0 Å². The van der Waals surface area contributed by atoms with Crippen molar-refractivity contribution in [2.24, 2.45) is 0 Å². The summed E-state index contributed by atoms with van der Waals surface area (Å²) >= 11 is 0. The molecule has 0 atom stereocenters. The van der Waals surface area contributed by atoms with Gasteiger partial charge < -0.3 is 10.2 Å². The van der Waals surface area contributed by atoms with Gasteiger partial charge in [0.05, 0.1) is 0 Å². The molecule has 0 aliphatic heterocycles. The number of rotatable bonds is 0. The number of hydrogen-bond acceptors (Lipinski definition) is 2. The van der Waals surface area contributed by atoms with Crippen molar-refractivity contribution in [3.8, 4) is 0 Å². The van der Waals surface area contributed by atoms with E-state index in [9.17, 15) is 0 Å². The zero-order chi connectivity index (χ0) is 5.15. The molecule has 0 bridgehead atoms. The second-order valence-electron chi connectivity index (χ2n) is 0.610. The van der Waals surface area contributed by atoms with Crippen LogP contribution in [0.4, 0.5) is 0 Å². The fourth-order valence-corrected chi connectivity index (χ4v) is 0. The molecule has 0 aliphatic carbocycles. The molecule has 0 amide bonds. The maximum absolute atomic E-state index is 9.10. The predicted molar refractivity (Wildman–Crippen MR) is 21.0 cm³/mol. The maximum Gasteiger partial charge on any atom is 2.00 e. The van der Waals surface area contributed by atoms with E-state index in [1.54, 1.807) is 0 Å². The van der Waals surface area contributed by atoms with Gasteiger partial charge in [0.1, 0.15) is 0 Å². The normalized spacial score (nSPS) is 5.50. The van der Waals surface area contributed by atoms with Crippen molar-refractivity contribution in [3.05, 3.63) is 0 Å². The van der Waals surface area contributed by atoms with Gasteiger partial charge in [-0.15, -0.1) is 0 Å². The fraction of sp³-hybridized carbons (Fsp3) is 0. The molecule has 2 N–H and O–H groups in total. The van der Waals surface area contributed by atoms with Gasteiger partial charge in [-0.3, -0.25) is 0 Å². The first-order valence-corrected chi connectivity index (χ1v) is 1.11. The molecule has 6 heteroatoms. The molecule has 0 heterocycles. The SMILES string of the molecule is O=C(O)C(=O)O.[Ba+2].[Li+]. The first-order chi connectivity index (χ1) is 2.64. The molecule has 34 valence electrons. The van der Waals surface area contributed by atoms with Crippen LogP contribution < -0.4 is 18.9 Å². The van der Waals surface area contributed by atoms with Crippen molar-refractivity contribution in [1.82, 2.24) is 0 Å². The van der Waals surface area contributed by atoms with Gasteiger partial charge in [0, 0.05) is 0 Å². The Labute approximate surface area is 97.9 Å². The minimum Gasteiger partial charge on any atom is -0.473 e. The second-order valence-corrected chi connectivity index (χ2v) is 0.610. The standard InChI is InChI=1S/C2H2O4.Ba.Li/c3-1(4)2(5)6;;/h(H,3,4)(H,5,6);;/q;+2;+1.